The zero-order chi connectivity index (χ0) is 16.4. The van der Waals surface area contributed by atoms with Gasteiger partial charge in [-0.15, -0.1) is 0 Å². The van der Waals surface area contributed by atoms with Crippen molar-refractivity contribution in [3.8, 4) is 0 Å². The third-order valence-corrected chi connectivity index (χ3v) is 5.47. The summed E-state index contributed by atoms with van der Waals surface area (Å²) in [6.07, 6.45) is 13.9. The molecule has 0 unspecified atom stereocenters. The van der Waals surface area contributed by atoms with Crippen LogP contribution < -0.4 is 0 Å². The standard InChI is InChI=1S/C18H25N5O/c24-18(15-11-20-23(13-15)16-6-2-1-3-7-16)22-10-4-5-14(12-22)17-8-9-19-21-17/h8-9,11,13-14,16H,1-7,10,12H2,(H,19,21)/t14-/m0/s1. The molecule has 1 aliphatic carbocycles. The van der Waals surface area contributed by atoms with Crippen LogP contribution in [0.3, 0.4) is 0 Å². The number of rotatable bonds is 3. The zero-order valence-corrected chi connectivity index (χ0v) is 14.0. The smallest absolute Gasteiger partial charge is 0.257 e. The molecule has 2 fully saturated rings. The van der Waals surface area contributed by atoms with E-state index in [2.05, 4.69) is 15.3 Å². The molecule has 1 saturated carbocycles. The maximum Gasteiger partial charge on any atom is 0.257 e. The number of aromatic nitrogens is 4. The minimum absolute atomic E-state index is 0.112. The molecule has 6 nitrogen and oxygen atoms in total. The van der Waals surface area contributed by atoms with E-state index in [9.17, 15) is 4.79 Å². The van der Waals surface area contributed by atoms with Crippen LogP contribution in [0, 0.1) is 0 Å². The molecule has 1 atom stereocenters. The molecular formula is C18H25N5O. The van der Waals surface area contributed by atoms with Gasteiger partial charge in [0.25, 0.3) is 5.91 Å². The molecule has 2 aromatic heterocycles. The second-order valence-electron chi connectivity index (χ2n) is 7.10. The lowest BCUT2D eigenvalue weighted by Gasteiger charge is -2.32. The fourth-order valence-electron chi connectivity index (χ4n) is 4.09. The third kappa shape index (κ3) is 3.09. The van der Waals surface area contributed by atoms with E-state index in [1.807, 2.05) is 21.8 Å². The molecule has 3 heterocycles. The van der Waals surface area contributed by atoms with Crippen LogP contribution in [-0.2, 0) is 0 Å². The van der Waals surface area contributed by atoms with Crippen molar-refractivity contribution in [2.45, 2.75) is 56.9 Å². The number of hydrogen-bond acceptors (Lipinski definition) is 3. The van der Waals surface area contributed by atoms with E-state index in [0.29, 0.717) is 12.0 Å². The van der Waals surface area contributed by atoms with Crippen LogP contribution in [0.2, 0.25) is 0 Å². The maximum atomic E-state index is 12.9. The molecule has 2 aliphatic rings. The van der Waals surface area contributed by atoms with Gasteiger partial charge < -0.3 is 4.90 Å². The minimum Gasteiger partial charge on any atom is -0.338 e. The summed E-state index contributed by atoms with van der Waals surface area (Å²) in [6, 6.07) is 2.49. The fourth-order valence-corrected chi connectivity index (χ4v) is 4.09. The Hall–Kier alpha value is -2.11. The average molecular weight is 327 g/mol. The lowest BCUT2D eigenvalue weighted by molar-refractivity contribution is 0.0705. The van der Waals surface area contributed by atoms with Crippen LogP contribution in [0.4, 0.5) is 0 Å². The summed E-state index contributed by atoms with van der Waals surface area (Å²) < 4.78 is 2.02. The number of carbonyl (C=O) groups is 1. The van der Waals surface area contributed by atoms with Gasteiger partial charge in [0.05, 0.1) is 17.8 Å². The number of aromatic amines is 1. The quantitative estimate of drug-likeness (QED) is 0.942. The number of piperidine rings is 1. The number of likely N-dealkylation sites (tertiary alicyclic amines) is 1. The Balaban J connectivity index is 1.44. The van der Waals surface area contributed by atoms with E-state index in [1.54, 1.807) is 12.4 Å². The van der Waals surface area contributed by atoms with Crippen molar-refractivity contribution in [1.29, 1.82) is 0 Å². The van der Waals surface area contributed by atoms with Crippen molar-refractivity contribution in [2.24, 2.45) is 0 Å². The zero-order valence-electron chi connectivity index (χ0n) is 14.0. The second kappa shape index (κ2) is 6.79. The summed E-state index contributed by atoms with van der Waals surface area (Å²) in [5.41, 5.74) is 1.86. The molecule has 0 bridgehead atoms. The first-order valence-corrected chi connectivity index (χ1v) is 9.14. The Bertz CT molecular complexity index is 671. The Morgan fingerprint density at radius 3 is 2.83 bits per heavy atom. The van der Waals surface area contributed by atoms with Gasteiger partial charge in [0.1, 0.15) is 0 Å². The Kier molecular flexibility index (Phi) is 4.36. The number of nitrogens with zero attached hydrogens (tertiary/aromatic N) is 4. The Labute approximate surface area is 142 Å². The number of amides is 1. The largest absolute Gasteiger partial charge is 0.338 e. The molecule has 1 saturated heterocycles. The van der Waals surface area contributed by atoms with E-state index in [1.165, 1.54) is 32.1 Å². The molecule has 0 aromatic carbocycles. The molecule has 128 valence electrons. The summed E-state index contributed by atoms with van der Waals surface area (Å²) in [5, 5.41) is 11.6. The molecule has 0 radical (unpaired) electrons. The Morgan fingerprint density at radius 2 is 2.04 bits per heavy atom. The molecule has 6 heteroatoms. The first-order chi connectivity index (χ1) is 11.8. The topological polar surface area (TPSA) is 66.8 Å². The molecule has 1 amide bonds. The van der Waals surface area contributed by atoms with Crippen LogP contribution in [0.5, 0.6) is 0 Å². The van der Waals surface area contributed by atoms with Gasteiger partial charge in [-0.3, -0.25) is 14.6 Å². The van der Waals surface area contributed by atoms with Gasteiger partial charge in [-0.05, 0) is 31.7 Å². The van der Waals surface area contributed by atoms with Gasteiger partial charge in [-0.2, -0.15) is 10.2 Å². The number of hydrogen-bond donors (Lipinski definition) is 1. The molecule has 4 rings (SSSR count). The van der Waals surface area contributed by atoms with Crippen molar-refractivity contribution >= 4 is 5.91 Å². The second-order valence-corrected chi connectivity index (χ2v) is 7.10. The third-order valence-electron chi connectivity index (χ3n) is 5.47. The van der Waals surface area contributed by atoms with Gasteiger partial charge >= 0.3 is 0 Å². The first-order valence-electron chi connectivity index (χ1n) is 9.14. The summed E-state index contributed by atoms with van der Waals surface area (Å²) in [5.74, 6) is 0.472. The minimum atomic E-state index is 0.112. The molecule has 1 N–H and O–H groups in total. The lowest BCUT2D eigenvalue weighted by atomic mass is 9.94. The summed E-state index contributed by atoms with van der Waals surface area (Å²) in [7, 11) is 0. The van der Waals surface area contributed by atoms with E-state index in [4.69, 9.17) is 0 Å². The first kappa shape index (κ1) is 15.4. The predicted molar refractivity (Wildman–Crippen MR) is 90.8 cm³/mol. The van der Waals surface area contributed by atoms with E-state index >= 15 is 0 Å². The summed E-state index contributed by atoms with van der Waals surface area (Å²) in [6.45, 7) is 1.59. The average Bonchev–Trinajstić information content (AvgIpc) is 3.34. The molecule has 24 heavy (non-hydrogen) atoms. The predicted octanol–water partition coefficient (Wildman–Crippen LogP) is 3.13. The van der Waals surface area contributed by atoms with Crippen molar-refractivity contribution in [3.05, 3.63) is 35.9 Å². The molecule has 2 aromatic rings. The Morgan fingerprint density at radius 1 is 1.17 bits per heavy atom. The monoisotopic (exact) mass is 327 g/mol. The highest BCUT2D eigenvalue weighted by Crippen LogP contribution is 2.29. The van der Waals surface area contributed by atoms with Crippen LogP contribution in [0.1, 0.15) is 73.0 Å². The maximum absolute atomic E-state index is 12.9. The SMILES string of the molecule is O=C(c1cnn(C2CCCCC2)c1)N1CCC[C@H](c2ccn[nH]2)C1. The molecule has 1 aliphatic heterocycles. The number of H-pyrrole nitrogens is 1. The van der Waals surface area contributed by atoms with Gasteiger partial charge in [0.15, 0.2) is 0 Å². The van der Waals surface area contributed by atoms with Crippen LogP contribution in [0.25, 0.3) is 0 Å². The van der Waals surface area contributed by atoms with E-state index in [0.717, 1.165) is 37.2 Å². The molecular weight excluding hydrogens is 302 g/mol. The number of carbonyl (C=O) groups excluding carboxylic acids is 1. The van der Waals surface area contributed by atoms with Gasteiger partial charge in [0, 0.05) is 37.1 Å². The van der Waals surface area contributed by atoms with Crippen molar-refractivity contribution in [3.63, 3.8) is 0 Å². The highest BCUT2D eigenvalue weighted by molar-refractivity contribution is 5.93. The van der Waals surface area contributed by atoms with Crippen LogP contribution >= 0.6 is 0 Å². The highest BCUT2D eigenvalue weighted by Gasteiger charge is 2.27. The van der Waals surface area contributed by atoms with E-state index < -0.39 is 0 Å². The van der Waals surface area contributed by atoms with Crippen LogP contribution in [0.15, 0.2) is 24.7 Å². The fraction of sp³-hybridized carbons (Fsp3) is 0.611. The normalized spacial score (nSPS) is 22.7. The van der Waals surface area contributed by atoms with Crippen molar-refractivity contribution in [1.82, 2.24) is 24.9 Å². The van der Waals surface area contributed by atoms with Gasteiger partial charge in [0.2, 0.25) is 0 Å². The highest BCUT2D eigenvalue weighted by atomic mass is 16.2. The van der Waals surface area contributed by atoms with E-state index in [-0.39, 0.29) is 5.91 Å². The van der Waals surface area contributed by atoms with Gasteiger partial charge in [-0.25, -0.2) is 0 Å². The molecule has 0 spiro atoms. The summed E-state index contributed by atoms with van der Waals surface area (Å²) in [4.78, 5) is 14.8. The van der Waals surface area contributed by atoms with Crippen molar-refractivity contribution < 1.29 is 4.79 Å². The van der Waals surface area contributed by atoms with Crippen molar-refractivity contribution in [2.75, 3.05) is 13.1 Å². The lowest BCUT2D eigenvalue weighted by Crippen LogP contribution is -2.39. The van der Waals surface area contributed by atoms with Gasteiger partial charge in [-0.1, -0.05) is 19.3 Å². The summed E-state index contributed by atoms with van der Waals surface area (Å²) >= 11 is 0. The number of nitrogens with one attached hydrogen (secondary N) is 1. The van der Waals surface area contributed by atoms with Crippen LogP contribution in [-0.4, -0.2) is 43.9 Å².